The maximum Gasteiger partial charge on any atom is 0.306 e. The summed E-state index contributed by atoms with van der Waals surface area (Å²) in [5, 5.41) is 0. The van der Waals surface area contributed by atoms with Crippen LogP contribution < -0.4 is 0 Å². The third-order valence-electron chi connectivity index (χ3n) is 3.54. The molecule has 0 amide bonds. The number of aryl methyl sites for hydroxylation is 1. The zero-order valence-electron chi connectivity index (χ0n) is 13.2. The van der Waals surface area contributed by atoms with Gasteiger partial charge in [-0.3, -0.25) is 9.78 Å². The first-order valence-electron chi connectivity index (χ1n) is 7.70. The van der Waals surface area contributed by atoms with Crippen molar-refractivity contribution in [1.29, 1.82) is 0 Å². The first kappa shape index (κ1) is 17.4. The van der Waals surface area contributed by atoms with Crippen molar-refractivity contribution in [3.8, 4) is 11.3 Å². The standard InChI is InChI=1S/C19H15BrFNO3/c20-14-9-13(10-22-11-14)12-24-19(23)8-6-15-5-7-18(25-15)16-3-1-2-4-17(16)21/h1-5,7,9-11H,6,8,12H2. The second-order valence-corrected chi connectivity index (χ2v) is 6.33. The van der Waals surface area contributed by atoms with Gasteiger partial charge in [0.15, 0.2) is 0 Å². The molecule has 0 fully saturated rings. The zero-order chi connectivity index (χ0) is 17.6. The van der Waals surface area contributed by atoms with Crippen LogP contribution in [-0.2, 0) is 22.6 Å². The SMILES string of the molecule is O=C(CCc1ccc(-c2ccccc2F)o1)OCc1cncc(Br)c1. The molecule has 0 aliphatic carbocycles. The quantitative estimate of drug-likeness (QED) is 0.548. The molecule has 0 saturated heterocycles. The van der Waals surface area contributed by atoms with Gasteiger partial charge in [-0.2, -0.15) is 0 Å². The van der Waals surface area contributed by atoms with E-state index in [-0.39, 0.29) is 24.8 Å². The monoisotopic (exact) mass is 403 g/mol. The molecule has 0 atom stereocenters. The van der Waals surface area contributed by atoms with Gasteiger partial charge in [-0.15, -0.1) is 0 Å². The van der Waals surface area contributed by atoms with Crippen LogP contribution >= 0.6 is 15.9 Å². The van der Waals surface area contributed by atoms with Crippen molar-refractivity contribution in [2.45, 2.75) is 19.4 Å². The Bertz CT molecular complexity index is 878. The summed E-state index contributed by atoms with van der Waals surface area (Å²) in [6.07, 6.45) is 3.89. The average Bonchev–Trinajstić information content (AvgIpc) is 3.07. The number of benzene rings is 1. The van der Waals surface area contributed by atoms with Gasteiger partial charge in [0.05, 0.1) is 12.0 Å². The lowest BCUT2D eigenvalue weighted by molar-refractivity contribution is -0.145. The Hall–Kier alpha value is -2.47. The molecule has 0 N–H and O–H groups in total. The Morgan fingerprint density at radius 2 is 2.04 bits per heavy atom. The van der Waals surface area contributed by atoms with Crippen LogP contribution in [0.1, 0.15) is 17.7 Å². The maximum atomic E-state index is 13.7. The molecular formula is C19H15BrFNO3. The van der Waals surface area contributed by atoms with Crippen molar-refractivity contribution < 1.29 is 18.3 Å². The lowest BCUT2D eigenvalue weighted by Crippen LogP contribution is -2.05. The number of nitrogens with zero attached hydrogens (tertiary/aromatic N) is 1. The summed E-state index contributed by atoms with van der Waals surface area (Å²) in [6.45, 7) is 0.171. The Kier molecular flexibility index (Phi) is 5.60. The molecule has 4 nitrogen and oxygen atoms in total. The van der Waals surface area contributed by atoms with E-state index in [4.69, 9.17) is 9.15 Å². The lowest BCUT2D eigenvalue weighted by atomic mass is 10.1. The van der Waals surface area contributed by atoms with E-state index in [2.05, 4.69) is 20.9 Å². The number of carbonyl (C=O) groups excluding carboxylic acids is 1. The largest absolute Gasteiger partial charge is 0.461 e. The molecule has 25 heavy (non-hydrogen) atoms. The number of halogens is 2. The highest BCUT2D eigenvalue weighted by molar-refractivity contribution is 9.10. The molecule has 3 rings (SSSR count). The Morgan fingerprint density at radius 1 is 1.20 bits per heavy atom. The molecule has 3 aromatic rings. The van der Waals surface area contributed by atoms with Gasteiger partial charge in [-0.05, 0) is 46.3 Å². The van der Waals surface area contributed by atoms with Crippen molar-refractivity contribution in [3.63, 3.8) is 0 Å². The summed E-state index contributed by atoms with van der Waals surface area (Å²) in [4.78, 5) is 15.9. The summed E-state index contributed by atoms with van der Waals surface area (Å²) in [6, 6.07) is 11.7. The van der Waals surface area contributed by atoms with Gasteiger partial charge in [0, 0.05) is 28.9 Å². The van der Waals surface area contributed by atoms with Gasteiger partial charge in [0.25, 0.3) is 0 Å². The molecule has 0 spiro atoms. The molecule has 2 heterocycles. The van der Waals surface area contributed by atoms with Gasteiger partial charge in [-0.25, -0.2) is 4.39 Å². The van der Waals surface area contributed by atoms with Crippen molar-refractivity contribution in [2.24, 2.45) is 0 Å². The summed E-state index contributed by atoms with van der Waals surface area (Å²) in [5.41, 5.74) is 1.21. The predicted molar refractivity (Wildman–Crippen MR) is 94.2 cm³/mol. The van der Waals surface area contributed by atoms with E-state index in [0.717, 1.165) is 10.0 Å². The molecule has 0 unspecified atom stereocenters. The van der Waals surface area contributed by atoms with Gasteiger partial charge in [0.2, 0.25) is 0 Å². The number of esters is 1. The first-order valence-corrected chi connectivity index (χ1v) is 8.50. The molecule has 1 aromatic carbocycles. The third-order valence-corrected chi connectivity index (χ3v) is 3.97. The zero-order valence-corrected chi connectivity index (χ0v) is 14.8. The minimum Gasteiger partial charge on any atom is -0.461 e. The highest BCUT2D eigenvalue weighted by Crippen LogP contribution is 2.25. The number of rotatable bonds is 6. The van der Waals surface area contributed by atoms with E-state index in [1.165, 1.54) is 6.07 Å². The molecule has 128 valence electrons. The topological polar surface area (TPSA) is 52.3 Å². The van der Waals surface area contributed by atoms with E-state index >= 15 is 0 Å². The number of hydrogen-bond acceptors (Lipinski definition) is 4. The van der Waals surface area contributed by atoms with Crippen molar-refractivity contribution >= 4 is 21.9 Å². The van der Waals surface area contributed by atoms with Gasteiger partial charge >= 0.3 is 5.97 Å². The van der Waals surface area contributed by atoms with Gasteiger partial charge in [0.1, 0.15) is 23.9 Å². The maximum absolute atomic E-state index is 13.7. The second-order valence-electron chi connectivity index (χ2n) is 5.42. The second kappa shape index (κ2) is 8.07. The fourth-order valence-corrected chi connectivity index (χ4v) is 2.73. The van der Waals surface area contributed by atoms with E-state index in [9.17, 15) is 9.18 Å². The highest BCUT2D eigenvalue weighted by Gasteiger charge is 2.11. The minimum absolute atomic E-state index is 0.171. The van der Waals surface area contributed by atoms with Crippen LogP contribution in [0.25, 0.3) is 11.3 Å². The van der Waals surface area contributed by atoms with Crippen LogP contribution in [-0.4, -0.2) is 11.0 Å². The lowest BCUT2D eigenvalue weighted by Gasteiger charge is -2.04. The van der Waals surface area contributed by atoms with Crippen molar-refractivity contribution in [1.82, 2.24) is 4.98 Å². The summed E-state index contributed by atoms with van der Waals surface area (Å²) in [5.74, 6) is 0.385. The predicted octanol–water partition coefficient (Wildman–Crippen LogP) is 4.92. The average molecular weight is 404 g/mol. The van der Waals surface area contributed by atoms with Crippen LogP contribution in [0.15, 0.2) is 63.7 Å². The number of aromatic nitrogens is 1. The molecule has 0 bridgehead atoms. The van der Waals surface area contributed by atoms with Crippen LogP contribution in [0.2, 0.25) is 0 Å². The molecule has 0 radical (unpaired) electrons. The Balaban J connectivity index is 1.52. The van der Waals surface area contributed by atoms with Crippen molar-refractivity contribution in [2.75, 3.05) is 0 Å². The molecular weight excluding hydrogens is 389 g/mol. The number of hydrogen-bond donors (Lipinski definition) is 0. The van der Waals surface area contributed by atoms with Gasteiger partial charge in [-0.1, -0.05) is 12.1 Å². The highest BCUT2D eigenvalue weighted by atomic mass is 79.9. The summed E-state index contributed by atoms with van der Waals surface area (Å²) in [7, 11) is 0. The van der Waals surface area contributed by atoms with E-state index in [1.807, 2.05) is 6.07 Å². The van der Waals surface area contributed by atoms with E-state index in [0.29, 0.717) is 23.5 Å². The fourth-order valence-electron chi connectivity index (χ4n) is 2.31. The minimum atomic E-state index is -0.342. The number of ether oxygens (including phenoxy) is 1. The number of pyridine rings is 1. The number of furan rings is 1. The molecule has 2 aromatic heterocycles. The van der Waals surface area contributed by atoms with E-state index in [1.54, 1.807) is 42.7 Å². The smallest absolute Gasteiger partial charge is 0.306 e. The summed E-state index contributed by atoms with van der Waals surface area (Å²) < 4.78 is 25.4. The Labute approximate surface area is 152 Å². The van der Waals surface area contributed by atoms with Crippen LogP contribution in [0.3, 0.4) is 0 Å². The fraction of sp³-hybridized carbons (Fsp3) is 0.158. The van der Waals surface area contributed by atoms with Gasteiger partial charge < -0.3 is 9.15 Å². The molecule has 0 saturated carbocycles. The summed E-state index contributed by atoms with van der Waals surface area (Å²) >= 11 is 3.32. The van der Waals surface area contributed by atoms with Crippen molar-refractivity contribution in [3.05, 3.63) is 76.5 Å². The van der Waals surface area contributed by atoms with Crippen LogP contribution in [0.5, 0.6) is 0 Å². The Morgan fingerprint density at radius 3 is 2.84 bits per heavy atom. The number of carbonyl (C=O) groups is 1. The normalized spacial score (nSPS) is 10.6. The third kappa shape index (κ3) is 4.76. The van der Waals surface area contributed by atoms with Crippen LogP contribution in [0, 0.1) is 5.82 Å². The van der Waals surface area contributed by atoms with Crippen LogP contribution in [0.4, 0.5) is 4.39 Å². The first-order chi connectivity index (χ1) is 12.1. The molecule has 0 aliphatic heterocycles. The molecule has 6 heteroatoms. The molecule has 0 aliphatic rings. The van der Waals surface area contributed by atoms with E-state index < -0.39 is 0 Å².